The van der Waals surface area contributed by atoms with Crippen LogP contribution >= 0.6 is 11.8 Å². The summed E-state index contributed by atoms with van der Waals surface area (Å²) in [6.45, 7) is 3.76. The Hall–Kier alpha value is -3.54. The summed E-state index contributed by atoms with van der Waals surface area (Å²) in [5.74, 6) is -0.380. The molecule has 11 nitrogen and oxygen atoms in total. The lowest BCUT2D eigenvalue weighted by molar-refractivity contribution is -0.119. The Morgan fingerprint density at radius 1 is 1.09 bits per heavy atom. The highest BCUT2D eigenvalue weighted by Crippen LogP contribution is 2.25. The lowest BCUT2D eigenvalue weighted by atomic mass is 10.2. The van der Waals surface area contributed by atoms with Gasteiger partial charge in [-0.2, -0.15) is 0 Å². The van der Waals surface area contributed by atoms with Crippen LogP contribution in [0.5, 0.6) is 5.75 Å². The molecule has 32 heavy (non-hydrogen) atoms. The molecule has 0 aliphatic heterocycles. The van der Waals surface area contributed by atoms with Crippen LogP contribution in [0.3, 0.4) is 0 Å². The Balaban J connectivity index is 1.73. The molecule has 3 aromatic rings. The maximum Gasteiger partial charge on any atom is 0.332 e. The second-order valence-electron chi connectivity index (χ2n) is 7.26. The van der Waals surface area contributed by atoms with Crippen molar-refractivity contribution in [3.8, 4) is 5.75 Å². The van der Waals surface area contributed by atoms with Crippen LogP contribution in [-0.4, -0.2) is 43.4 Å². The van der Waals surface area contributed by atoms with Gasteiger partial charge in [-0.15, -0.1) is 0 Å². The largest absolute Gasteiger partial charge is 0.497 e. The topological polar surface area (TPSA) is 129 Å². The summed E-state index contributed by atoms with van der Waals surface area (Å²) in [5, 5.41) is 0.421. The predicted octanol–water partition coefficient (Wildman–Crippen LogP) is 0.576. The van der Waals surface area contributed by atoms with E-state index in [4.69, 9.17) is 4.74 Å². The summed E-state index contributed by atoms with van der Waals surface area (Å²) in [6.07, 6.45) is 0. The molecule has 0 aliphatic rings. The van der Waals surface area contributed by atoms with Gasteiger partial charge in [0.15, 0.2) is 16.3 Å². The molecule has 12 heteroatoms. The SMILES string of the molecule is COc1ccc(C(=O)NNC(=O)CSc2nc3c(c(=O)n(C)c(=O)n3C)n2C(C)C)cc1. The van der Waals surface area contributed by atoms with E-state index in [0.29, 0.717) is 22.0 Å². The number of aryl methyl sites for hydroxylation is 1. The second-order valence-corrected chi connectivity index (χ2v) is 8.20. The Bertz CT molecular complexity index is 1290. The number of imidazole rings is 1. The van der Waals surface area contributed by atoms with Gasteiger partial charge in [-0.1, -0.05) is 11.8 Å². The molecule has 3 rings (SSSR count). The van der Waals surface area contributed by atoms with E-state index < -0.39 is 23.1 Å². The van der Waals surface area contributed by atoms with E-state index in [1.165, 1.54) is 25.8 Å². The van der Waals surface area contributed by atoms with Gasteiger partial charge in [0, 0.05) is 25.7 Å². The first kappa shape index (κ1) is 23.1. The van der Waals surface area contributed by atoms with Crippen molar-refractivity contribution in [3.05, 3.63) is 50.7 Å². The fourth-order valence-electron chi connectivity index (χ4n) is 3.08. The highest BCUT2D eigenvalue weighted by atomic mass is 32.2. The minimum Gasteiger partial charge on any atom is -0.497 e. The third-order valence-corrected chi connectivity index (χ3v) is 5.73. The van der Waals surface area contributed by atoms with Crippen LogP contribution in [0, 0.1) is 0 Å². The van der Waals surface area contributed by atoms with Crippen molar-refractivity contribution in [2.45, 2.75) is 25.0 Å². The maximum atomic E-state index is 12.7. The van der Waals surface area contributed by atoms with Gasteiger partial charge < -0.3 is 9.30 Å². The van der Waals surface area contributed by atoms with E-state index in [1.807, 2.05) is 13.8 Å². The average molecular weight is 461 g/mol. The lowest BCUT2D eigenvalue weighted by Gasteiger charge is -2.13. The van der Waals surface area contributed by atoms with Gasteiger partial charge in [0.1, 0.15) is 5.75 Å². The number of thioether (sulfide) groups is 1. The first-order valence-corrected chi connectivity index (χ1v) is 10.7. The molecule has 0 aliphatic carbocycles. The monoisotopic (exact) mass is 460 g/mol. The summed E-state index contributed by atoms with van der Waals surface area (Å²) in [6, 6.07) is 6.29. The zero-order chi connectivity index (χ0) is 23.6. The van der Waals surface area contributed by atoms with E-state index >= 15 is 0 Å². The Labute approximate surface area is 187 Å². The number of carbonyl (C=O) groups is 2. The smallest absolute Gasteiger partial charge is 0.332 e. The minimum atomic E-state index is -0.480. The molecule has 0 unspecified atom stereocenters. The van der Waals surface area contributed by atoms with Crippen LogP contribution in [0.4, 0.5) is 0 Å². The van der Waals surface area contributed by atoms with Crippen molar-refractivity contribution in [1.29, 1.82) is 0 Å². The third-order valence-electron chi connectivity index (χ3n) is 4.78. The Kier molecular flexibility index (Phi) is 6.72. The number of fused-ring (bicyclic) bond motifs is 1. The number of nitrogens with zero attached hydrogens (tertiary/aromatic N) is 4. The standard InChI is InChI=1S/C20H24N6O5S/c1-11(2)26-15-16(24(3)20(30)25(4)18(15)29)21-19(26)32-10-14(27)22-23-17(28)12-6-8-13(31-5)9-7-12/h6-9,11H,10H2,1-5H3,(H,22,27)(H,23,28). The van der Waals surface area contributed by atoms with E-state index in [1.54, 1.807) is 28.8 Å². The molecular formula is C20H24N6O5S. The van der Waals surface area contributed by atoms with Gasteiger partial charge in [0.05, 0.1) is 12.9 Å². The van der Waals surface area contributed by atoms with Crippen LogP contribution in [0.25, 0.3) is 11.2 Å². The number of benzene rings is 1. The molecule has 170 valence electrons. The first-order chi connectivity index (χ1) is 15.1. The van der Waals surface area contributed by atoms with Crippen LogP contribution in [0.2, 0.25) is 0 Å². The van der Waals surface area contributed by atoms with Crippen molar-refractivity contribution in [2.24, 2.45) is 14.1 Å². The molecule has 0 saturated heterocycles. The molecule has 2 N–H and O–H groups in total. The maximum absolute atomic E-state index is 12.7. The molecule has 0 fully saturated rings. The zero-order valence-electron chi connectivity index (χ0n) is 18.3. The van der Waals surface area contributed by atoms with E-state index in [0.717, 1.165) is 16.3 Å². The average Bonchev–Trinajstić information content (AvgIpc) is 3.18. The van der Waals surface area contributed by atoms with Gasteiger partial charge in [-0.05, 0) is 38.1 Å². The quantitative estimate of drug-likeness (QED) is 0.407. The van der Waals surface area contributed by atoms with Crippen molar-refractivity contribution in [1.82, 2.24) is 29.5 Å². The summed E-state index contributed by atoms with van der Waals surface area (Å²) in [5.41, 5.74) is 4.68. The van der Waals surface area contributed by atoms with Crippen molar-refractivity contribution < 1.29 is 14.3 Å². The van der Waals surface area contributed by atoms with Gasteiger partial charge >= 0.3 is 5.69 Å². The molecule has 0 radical (unpaired) electrons. The second kappa shape index (κ2) is 9.30. The van der Waals surface area contributed by atoms with Crippen LogP contribution in [0.15, 0.2) is 39.0 Å². The third kappa shape index (κ3) is 4.40. The predicted molar refractivity (Wildman–Crippen MR) is 120 cm³/mol. The summed E-state index contributed by atoms with van der Waals surface area (Å²) in [4.78, 5) is 53.7. The summed E-state index contributed by atoms with van der Waals surface area (Å²) in [7, 11) is 4.48. The van der Waals surface area contributed by atoms with Crippen molar-refractivity contribution in [2.75, 3.05) is 12.9 Å². The number of aromatic nitrogens is 4. The highest BCUT2D eigenvalue weighted by Gasteiger charge is 2.21. The number of amides is 2. The molecule has 0 saturated carbocycles. The number of hydrazine groups is 1. The highest BCUT2D eigenvalue weighted by molar-refractivity contribution is 7.99. The van der Waals surface area contributed by atoms with Crippen LogP contribution in [-0.2, 0) is 18.9 Å². The van der Waals surface area contributed by atoms with Gasteiger partial charge in [-0.25, -0.2) is 9.78 Å². The number of hydrogen-bond acceptors (Lipinski definition) is 7. The van der Waals surface area contributed by atoms with E-state index in [2.05, 4.69) is 15.8 Å². The van der Waals surface area contributed by atoms with Crippen molar-refractivity contribution >= 4 is 34.7 Å². The molecule has 0 spiro atoms. The van der Waals surface area contributed by atoms with E-state index in [9.17, 15) is 19.2 Å². The number of methoxy groups -OCH3 is 1. The normalized spacial score (nSPS) is 11.1. The van der Waals surface area contributed by atoms with Gasteiger partial charge in [0.25, 0.3) is 11.5 Å². The molecule has 2 aromatic heterocycles. The van der Waals surface area contributed by atoms with Gasteiger partial charge in [0.2, 0.25) is 5.91 Å². The summed E-state index contributed by atoms with van der Waals surface area (Å²) >= 11 is 1.10. The molecule has 0 atom stereocenters. The fraction of sp³-hybridized carbons (Fsp3) is 0.350. The fourth-order valence-corrected chi connectivity index (χ4v) is 4.01. The number of nitrogens with one attached hydrogen (secondary N) is 2. The summed E-state index contributed by atoms with van der Waals surface area (Å²) < 4.78 is 9.07. The minimum absolute atomic E-state index is 0.0623. The molecule has 2 heterocycles. The van der Waals surface area contributed by atoms with Crippen LogP contribution < -0.4 is 26.8 Å². The van der Waals surface area contributed by atoms with Gasteiger partial charge in [-0.3, -0.25) is 34.4 Å². The Morgan fingerprint density at radius 3 is 2.34 bits per heavy atom. The molecule has 2 amide bonds. The van der Waals surface area contributed by atoms with Crippen LogP contribution in [0.1, 0.15) is 30.2 Å². The number of hydrogen-bond donors (Lipinski definition) is 2. The Morgan fingerprint density at radius 2 is 1.75 bits per heavy atom. The number of ether oxygens (including phenoxy) is 1. The van der Waals surface area contributed by atoms with Crippen molar-refractivity contribution in [3.63, 3.8) is 0 Å². The first-order valence-electron chi connectivity index (χ1n) is 9.69. The lowest BCUT2D eigenvalue weighted by Crippen LogP contribution is -2.42. The zero-order valence-corrected chi connectivity index (χ0v) is 19.1. The number of carbonyl (C=O) groups excluding carboxylic acids is 2. The molecule has 0 bridgehead atoms. The number of rotatable bonds is 6. The van der Waals surface area contributed by atoms with E-state index in [-0.39, 0.29) is 17.4 Å². The molecular weight excluding hydrogens is 436 g/mol. The molecule has 1 aromatic carbocycles.